The zero-order valence-electron chi connectivity index (χ0n) is 19.0. The second-order valence-corrected chi connectivity index (χ2v) is 11.3. The topological polar surface area (TPSA) is 90.6 Å². The maximum absolute atomic E-state index is 13.7. The van der Waals surface area contributed by atoms with Gasteiger partial charge in [0.2, 0.25) is 0 Å². The lowest BCUT2D eigenvalue weighted by Crippen LogP contribution is -2.20. The van der Waals surface area contributed by atoms with E-state index in [4.69, 9.17) is 9.47 Å². The van der Waals surface area contributed by atoms with Gasteiger partial charge in [0.1, 0.15) is 6.10 Å². The molecule has 1 aromatic carbocycles. The highest BCUT2D eigenvalue weighted by molar-refractivity contribution is 7.90. The predicted octanol–water partition coefficient (Wildman–Crippen LogP) is 4.71. The largest absolute Gasteiger partial charge is 0.387 e. The van der Waals surface area contributed by atoms with Gasteiger partial charge in [0, 0.05) is 17.1 Å². The summed E-state index contributed by atoms with van der Waals surface area (Å²) in [6.07, 6.45) is 5.47. The summed E-state index contributed by atoms with van der Waals surface area (Å²) in [5, 5.41) is 11.8. The standard InChI is InChI=1S/C25H30N2O5S/c1-25(2)31-16-23(32-25)19-13-18-14-21(22(28)12-17-8-6-7-9-17)27(24(18)26-15-19)33(29,30)20-10-4-3-5-11-20/h3-5,10-11,13-15,17,22-23,28H,6-9,12,16H2,1-2H3. The lowest BCUT2D eigenvalue weighted by atomic mass is 9.98. The van der Waals surface area contributed by atoms with Crippen LogP contribution in [-0.2, 0) is 19.5 Å². The molecule has 5 rings (SSSR count). The molecule has 3 aromatic rings. The van der Waals surface area contributed by atoms with Gasteiger partial charge in [-0.1, -0.05) is 43.9 Å². The first kappa shape index (κ1) is 22.5. The Bertz CT molecular complexity index is 1250. The summed E-state index contributed by atoms with van der Waals surface area (Å²) in [4.78, 5) is 4.70. The van der Waals surface area contributed by atoms with Gasteiger partial charge >= 0.3 is 0 Å². The van der Waals surface area contributed by atoms with E-state index in [-0.39, 0.29) is 11.0 Å². The molecule has 0 radical (unpaired) electrons. The number of pyridine rings is 1. The summed E-state index contributed by atoms with van der Waals surface area (Å²) < 4.78 is 40.2. The number of aliphatic hydroxyl groups is 1. The molecule has 2 aromatic heterocycles. The number of nitrogens with zero attached hydrogens (tertiary/aromatic N) is 2. The third-order valence-corrected chi connectivity index (χ3v) is 8.41. The van der Waals surface area contributed by atoms with Crippen LogP contribution in [0.2, 0.25) is 0 Å². The second-order valence-electron chi connectivity index (χ2n) is 9.55. The van der Waals surface area contributed by atoms with Crippen molar-refractivity contribution in [2.24, 2.45) is 5.92 Å². The SMILES string of the molecule is CC1(C)OCC(c2cnc3c(c2)cc(C(O)CC2CCCC2)n3S(=O)(=O)c2ccccc2)O1. The molecule has 33 heavy (non-hydrogen) atoms. The number of rotatable bonds is 6. The fourth-order valence-electron chi connectivity index (χ4n) is 5.00. The van der Waals surface area contributed by atoms with Crippen molar-refractivity contribution >= 4 is 21.1 Å². The second kappa shape index (κ2) is 8.51. The number of hydrogen-bond donors (Lipinski definition) is 1. The first-order valence-electron chi connectivity index (χ1n) is 11.6. The molecule has 2 unspecified atom stereocenters. The molecule has 1 aliphatic carbocycles. The number of ether oxygens (including phenoxy) is 2. The van der Waals surface area contributed by atoms with Crippen LogP contribution in [-0.4, -0.2) is 34.9 Å². The van der Waals surface area contributed by atoms with E-state index in [0.29, 0.717) is 35.7 Å². The van der Waals surface area contributed by atoms with Crippen molar-refractivity contribution in [2.75, 3.05) is 6.61 Å². The van der Waals surface area contributed by atoms with Crippen LogP contribution in [0.15, 0.2) is 53.6 Å². The zero-order chi connectivity index (χ0) is 23.2. The van der Waals surface area contributed by atoms with Crippen molar-refractivity contribution < 1.29 is 23.0 Å². The summed E-state index contributed by atoms with van der Waals surface area (Å²) in [6, 6.07) is 11.9. The summed E-state index contributed by atoms with van der Waals surface area (Å²) >= 11 is 0. The van der Waals surface area contributed by atoms with E-state index in [0.717, 1.165) is 31.2 Å². The monoisotopic (exact) mass is 470 g/mol. The van der Waals surface area contributed by atoms with Crippen LogP contribution in [0.3, 0.4) is 0 Å². The van der Waals surface area contributed by atoms with Gasteiger partial charge in [0.05, 0.1) is 23.3 Å². The Morgan fingerprint density at radius 3 is 2.58 bits per heavy atom. The summed E-state index contributed by atoms with van der Waals surface area (Å²) in [7, 11) is -3.94. The van der Waals surface area contributed by atoms with Gasteiger partial charge in [0.15, 0.2) is 11.4 Å². The normalized spacial score (nSPS) is 22.2. The van der Waals surface area contributed by atoms with Crippen LogP contribution in [0, 0.1) is 5.92 Å². The quantitative estimate of drug-likeness (QED) is 0.561. The van der Waals surface area contributed by atoms with Crippen molar-refractivity contribution in [1.82, 2.24) is 8.96 Å². The molecule has 1 N–H and O–H groups in total. The van der Waals surface area contributed by atoms with Crippen LogP contribution in [0.25, 0.3) is 11.0 Å². The molecular weight excluding hydrogens is 440 g/mol. The molecule has 1 saturated carbocycles. The third kappa shape index (κ3) is 4.33. The average Bonchev–Trinajstić information content (AvgIpc) is 3.52. The van der Waals surface area contributed by atoms with Gasteiger partial charge in [-0.15, -0.1) is 0 Å². The molecule has 2 aliphatic rings. The summed E-state index contributed by atoms with van der Waals surface area (Å²) in [5.74, 6) is -0.272. The van der Waals surface area contributed by atoms with Gasteiger partial charge in [-0.05, 0) is 50.5 Å². The van der Waals surface area contributed by atoms with Crippen LogP contribution < -0.4 is 0 Å². The minimum atomic E-state index is -3.94. The first-order valence-corrected chi connectivity index (χ1v) is 13.0. The lowest BCUT2D eigenvalue weighted by Gasteiger charge is -2.18. The molecular formula is C25H30N2O5S. The molecule has 3 heterocycles. The lowest BCUT2D eigenvalue weighted by molar-refractivity contribution is -0.139. The van der Waals surface area contributed by atoms with Crippen LogP contribution in [0.4, 0.5) is 0 Å². The Labute approximate surface area is 194 Å². The highest BCUT2D eigenvalue weighted by atomic mass is 32.2. The highest BCUT2D eigenvalue weighted by Crippen LogP contribution is 2.38. The van der Waals surface area contributed by atoms with Crippen molar-refractivity contribution in [2.45, 2.75) is 68.8 Å². The molecule has 1 aliphatic heterocycles. The zero-order valence-corrected chi connectivity index (χ0v) is 19.8. The molecule has 0 spiro atoms. The predicted molar refractivity (Wildman–Crippen MR) is 124 cm³/mol. The maximum atomic E-state index is 13.7. The highest BCUT2D eigenvalue weighted by Gasteiger charge is 2.35. The maximum Gasteiger partial charge on any atom is 0.269 e. The van der Waals surface area contributed by atoms with Gasteiger partial charge in [0.25, 0.3) is 10.0 Å². The van der Waals surface area contributed by atoms with E-state index in [9.17, 15) is 13.5 Å². The van der Waals surface area contributed by atoms with E-state index < -0.39 is 21.9 Å². The Kier molecular flexibility index (Phi) is 5.81. The van der Waals surface area contributed by atoms with E-state index in [1.165, 1.54) is 3.97 Å². The van der Waals surface area contributed by atoms with Crippen LogP contribution in [0.1, 0.15) is 69.4 Å². The molecule has 0 amide bonds. The van der Waals surface area contributed by atoms with E-state index in [1.807, 2.05) is 19.9 Å². The molecule has 176 valence electrons. The number of fused-ring (bicyclic) bond motifs is 1. The Hall–Kier alpha value is -2.26. The Balaban J connectivity index is 1.60. The molecule has 1 saturated heterocycles. The number of hydrogen-bond acceptors (Lipinski definition) is 6. The van der Waals surface area contributed by atoms with Gasteiger partial charge < -0.3 is 14.6 Å². The molecule has 7 nitrogen and oxygen atoms in total. The minimum Gasteiger partial charge on any atom is -0.387 e. The molecule has 2 fully saturated rings. The van der Waals surface area contributed by atoms with Crippen LogP contribution >= 0.6 is 0 Å². The Morgan fingerprint density at radius 1 is 1.18 bits per heavy atom. The van der Waals surface area contributed by atoms with Gasteiger partial charge in [-0.2, -0.15) is 0 Å². The van der Waals surface area contributed by atoms with Crippen molar-refractivity contribution in [3.05, 3.63) is 59.9 Å². The van der Waals surface area contributed by atoms with Crippen molar-refractivity contribution in [3.8, 4) is 0 Å². The fourth-order valence-corrected chi connectivity index (χ4v) is 6.54. The summed E-state index contributed by atoms with van der Waals surface area (Å²) in [5.41, 5.74) is 1.48. The molecule has 0 bridgehead atoms. The fraction of sp³-hybridized carbons (Fsp3) is 0.480. The Morgan fingerprint density at radius 2 is 1.91 bits per heavy atom. The van der Waals surface area contributed by atoms with Gasteiger partial charge in [-0.3, -0.25) is 0 Å². The number of aliphatic hydroxyl groups excluding tert-OH is 1. The first-order chi connectivity index (χ1) is 15.7. The number of aromatic nitrogens is 2. The third-order valence-electron chi connectivity index (χ3n) is 6.68. The van der Waals surface area contributed by atoms with Crippen LogP contribution in [0.5, 0.6) is 0 Å². The average molecular weight is 471 g/mol. The summed E-state index contributed by atoms with van der Waals surface area (Å²) in [6.45, 7) is 4.12. The van der Waals surface area contributed by atoms with Crippen molar-refractivity contribution in [3.63, 3.8) is 0 Å². The van der Waals surface area contributed by atoms with Gasteiger partial charge in [-0.25, -0.2) is 17.4 Å². The molecule has 8 heteroatoms. The van der Waals surface area contributed by atoms with E-state index >= 15 is 0 Å². The van der Waals surface area contributed by atoms with Crippen molar-refractivity contribution in [1.29, 1.82) is 0 Å². The van der Waals surface area contributed by atoms with E-state index in [1.54, 1.807) is 42.6 Å². The smallest absolute Gasteiger partial charge is 0.269 e. The van der Waals surface area contributed by atoms with E-state index in [2.05, 4.69) is 4.98 Å². The molecule has 2 atom stereocenters. The minimum absolute atomic E-state index is 0.164. The number of benzene rings is 1.